The Bertz CT molecular complexity index is 1060. The molecule has 0 spiro atoms. The summed E-state index contributed by atoms with van der Waals surface area (Å²) < 4.78 is 33.8. The summed E-state index contributed by atoms with van der Waals surface area (Å²) in [5.74, 6) is 0.451. The lowest BCUT2D eigenvalue weighted by molar-refractivity contribution is 0.102. The number of piperidine rings is 1. The minimum atomic E-state index is -3.79. The lowest BCUT2D eigenvalue weighted by atomic mass is 9.94. The molecule has 0 radical (unpaired) electrons. The molecule has 1 fully saturated rings. The van der Waals surface area contributed by atoms with Gasteiger partial charge in [-0.3, -0.25) is 4.79 Å². The van der Waals surface area contributed by atoms with E-state index >= 15 is 0 Å². The van der Waals surface area contributed by atoms with Gasteiger partial charge in [0.1, 0.15) is 10.6 Å². The van der Waals surface area contributed by atoms with Crippen LogP contribution >= 0.6 is 0 Å². The van der Waals surface area contributed by atoms with E-state index in [1.165, 1.54) is 17.5 Å². The van der Waals surface area contributed by atoms with Crippen molar-refractivity contribution in [3.63, 3.8) is 0 Å². The number of benzene rings is 2. The molecule has 2 aromatic carbocycles. The minimum Gasteiger partial charge on any atom is -0.495 e. The van der Waals surface area contributed by atoms with Crippen LogP contribution in [0.15, 0.2) is 35.2 Å². The number of hydrogen-bond acceptors (Lipinski definition) is 4. The highest BCUT2D eigenvalue weighted by atomic mass is 32.2. The molecule has 1 aliphatic heterocycles. The molecule has 0 unspecified atom stereocenters. The molecule has 2 atom stereocenters. The van der Waals surface area contributed by atoms with Crippen LogP contribution in [0.4, 0.5) is 5.69 Å². The van der Waals surface area contributed by atoms with Crippen LogP contribution in [0.1, 0.15) is 47.3 Å². The summed E-state index contributed by atoms with van der Waals surface area (Å²) in [5, 5.41) is 2.94. The van der Waals surface area contributed by atoms with Crippen molar-refractivity contribution in [3.8, 4) is 5.75 Å². The van der Waals surface area contributed by atoms with Gasteiger partial charge < -0.3 is 10.1 Å². The number of amides is 1. The van der Waals surface area contributed by atoms with E-state index in [0.717, 1.165) is 28.8 Å². The van der Waals surface area contributed by atoms with Gasteiger partial charge in [-0.15, -0.1) is 0 Å². The Morgan fingerprint density at radius 2 is 1.61 bits per heavy atom. The van der Waals surface area contributed by atoms with E-state index in [4.69, 9.17) is 4.74 Å². The molecule has 168 valence electrons. The maximum atomic E-state index is 13.5. The number of nitrogens with one attached hydrogen (secondary N) is 1. The second-order valence-electron chi connectivity index (χ2n) is 8.86. The summed E-state index contributed by atoms with van der Waals surface area (Å²) in [6.07, 6.45) is 1.00. The molecule has 1 saturated heterocycles. The smallest absolute Gasteiger partial charge is 0.255 e. The Hall–Kier alpha value is -2.38. The van der Waals surface area contributed by atoms with Gasteiger partial charge in [0.25, 0.3) is 5.91 Å². The van der Waals surface area contributed by atoms with Crippen LogP contribution in [0.3, 0.4) is 0 Å². The lowest BCUT2D eigenvalue weighted by Crippen LogP contribution is -2.42. The van der Waals surface area contributed by atoms with Crippen LogP contribution < -0.4 is 10.1 Å². The number of anilines is 1. The molecule has 2 aromatic rings. The molecule has 6 nitrogen and oxygen atoms in total. The Morgan fingerprint density at radius 1 is 1.03 bits per heavy atom. The third-order valence-electron chi connectivity index (χ3n) is 5.79. The van der Waals surface area contributed by atoms with E-state index < -0.39 is 10.0 Å². The number of carbonyl (C=O) groups is 1. The van der Waals surface area contributed by atoms with E-state index in [1.807, 2.05) is 32.9 Å². The predicted octanol–water partition coefficient (Wildman–Crippen LogP) is 4.54. The zero-order valence-corrected chi connectivity index (χ0v) is 20.0. The SMILES string of the molecule is COc1ccc(C(=O)Nc2c(C)cc(C)cc2C)cc1S(=O)(=O)N1C[C@H](C)C[C@@H](C)C1. The summed E-state index contributed by atoms with van der Waals surface area (Å²) in [7, 11) is -2.35. The number of aryl methyl sites for hydroxylation is 3. The first-order valence-electron chi connectivity index (χ1n) is 10.6. The second-order valence-corrected chi connectivity index (χ2v) is 10.8. The van der Waals surface area contributed by atoms with Crippen molar-refractivity contribution >= 4 is 21.6 Å². The zero-order chi connectivity index (χ0) is 22.9. The number of carbonyl (C=O) groups excluding carboxylic acids is 1. The Morgan fingerprint density at radius 3 is 2.16 bits per heavy atom. The fourth-order valence-corrected chi connectivity index (χ4v) is 6.38. The van der Waals surface area contributed by atoms with Crippen molar-refractivity contribution in [1.82, 2.24) is 4.31 Å². The maximum absolute atomic E-state index is 13.5. The van der Waals surface area contributed by atoms with Crippen LogP contribution in [-0.4, -0.2) is 38.8 Å². The lowest BCUT2D eigenvalue weighted by Gasteiger charge is -2.34. The molecule has 1 N–H and O–H groups in total. The normalized spacial score (nSPS) is 19.8. The average Bonchev–Trinajstić information content (AvgIpc) is 2.69. The number of methoxy groups -OCH3 is 1. The van der Waals surface area contributed by atoms with Crippen molar-refractivity contribution < 1.29 is 17.9 Å². The Balaban J connectivity index is 1.96. The van der Waals surface area contributed by atoms with Crippen LogP contribution in [0.25, 0.3) is 0 Å². The maximum Gasteiger partial charge on any atom is 0.255 e. The number of ether oxygens (including phenoxy) is 1. The fourth-order valence-electron chi connectivity index (χ4n) is 4.52. The van der Waals surface area contributed by atoms with Crippen LogP contribution in [0.2, 0.25) is 0 Å². The van der Waals surface area contributed by atoms with Crippen molar-refractivity contribution in [2.45, 2.75) is 45.9 Å². The summed E-state index contributed by atoms with van der Waals surface area (Å²) in [5.41, 5.74) is 4.06. The zero-order valence-electron chi connectivity index (χ0n) is 19.2. The third-order valence-corrected chi connectivity index (χ3v) is 7.65. The van der Waals surface area contributed by atoms with E-state index in [2.05, 4.69) is 19.2 Å². The van der Waals surface area contributed by atoms with Crippen molar-refractivity contribution in [1.29, 1.82) is 0 Å². The molecule has 1 heterocycles. The molecule has 7 heteroatoms. The van der Waals surface area contributed by atoms with Gasteiger partial charge in [-0.1, -0.05) is 31.5 Å². The van der Waals surface area contributed by atoms with Gasteiger partial charge in [-0.05, 0) is 68.4 Å². The van der Waals surface area contributed by atoms with Gasteiger partial charge in [-0.2, -0.15) is 4.31 Å². The number of sulfonamides is 1. The molecule has 0 bridgehead atoms. The minimum absolute atomic E-state index is 0.0290. The van der Waals surface area contributed by atoms with Crippen LogP contribution in [-0.2, 0) is 10.0 Å². The Kier molecular flexibility index (Phi) is 6.76. The standard InChI is InChI=1S/C24H32N2O4S/c1-15-10-18(4)23(19(5)11-15)25-24(27)20-7-8-21(30-6)22(12-20)31(28,29)26-13-16(2)9-17(3)14-26/h7-8,10-12,16-17H,9,13-14H2,1-6H3,(H,25,27)/t16-,17-/m1/s1. The van der Waals surface area contributed by atoms with Crippen molar-refractivity contribution in [3.05, 3.63) is 52.6 Å². The number of rotatable bonds is 5. The molecule has 0 saturated carbocycles. The van der Waals surface area contributed by atoms with E-state index in [0.29, 0.717) is 13.1 Å². The molecule has 1 aliphatic rings. The number of hydrogen-bond donors (Lipinski definition) is 1. The topological polar surface area (TPSA) is 75.7 Å². The molecule has 31 heavy (non-hydrogen) atoms. The second kappa shape index (κ2) is 9.01. The van der Waals surface area contributed by atoms with Gasteiger partial charge in [-0.25, -0.2) is 8.42 Å². The highest BCUT2D eigenvalue weighted by Gasteiger charge is 2.34. The Labute approximate surface area is 185 Å². The van der Waals surface area contributed by atoms with Gasteiger partial charge >= 0.3 is 0 Å². The summed E-state index contributed by atoms with van der Waals surface area (Å²) in [6.45, 7) is 10.9. The highest BCUT2D eigenvalue weighted by molar-refractivity contribution is 7.89. The third kappa shape index (κ3) is 4.93. The molecular formula is C24H32N2O4S. The van der Waals surface area contributed by atoms with Crippen LogP contribution in [0.5, 0.6) is 5.75 Å². The summed E-state index contributed by atoms with van der Waals surface area (Å²) >= 11 is 0. The van der Waals surface area contributed by atoms with Gasteiger partial charge in [0.15, 0.2) is 0 Å². The van der Waals surface area contributed by atoms with Crippen LogP contribution in [0, 0.1) is 32.6 Å². The molecule has 1 amide bonds. The molecule has 0 aliphatic carbocycles. The molecule has 0 aromatic heterocycles. The molecule has 3 rings (SSSR count). The monoisotopic (exact) mass is 444 g/mol. The fraction of sp³-hybridized carbons (Fsp3) is 0.458. The predicted molar refractivity (Wildman–Crippen MR) is 123 cm³/mol. The van der Waals surface area contributed by atoms with Crippen molar-refractivity contribution in [2.24, 2.45) is 11.8 Å². The largest absolute Gasteiger partial charge is 0.495 e. The first kappa shape index (κ1) is 23.3. The quantitative estimate of drug-likeness (QED) is 0.735. The van der Waals surface area contributed by atoms with Gasteiger partial charge in [0.2, 0.25) is 10.0 Å². The first-order chi connectivity index (χ1) is 14.5. The van der Waals surface area contributed by atoms with E-state index in [-0.39, 0.29) is 34.0 Å². The summed E-state index contributed by atoms with van der Waals surface area (Å²) in [4.78, 5) is 13.0. The molecular weight excluding hydrogens is 412 g/mol. The van der Waals surface area contributed by atoms with E-state index in [9.17, 15) is 13.2 Å². The average molecular weight is 445 g/mol. The van der Waals surface area contributed by atoms with E-state index in [1.54, 1.807) is 12.1 Å². The van der Waals surface area contributed by atoms with Gasteiger partial charge in [0.05, 0.1) is 7.11 Å². The number of nitrogens with zero attached hydrogens (tertiary/aromatic N) is 1. The highest BCUT2D eigenvalue weighted by Crippen LogP contribution is 2.32. The first-order valence-corrected chi connectivity index (χ1v) is 12.0. The van der Waals surface area contributed by atoms with Crippen molar-refractivity contribution in [2.75, 3.05) is 25.5 Å². The van der Waals surface area contributed by atoms with Gasteiger partial charge in [0, 0.05) is 24.3 Å². The summed E-state index contributed by atoms with van der Waals surface area (Å²) in [6, 6.07) is 8.57.